The molecule has 80 valence electrons. The number of hydrogen-bond acceptors (Lipinski definition) is 5. The molecule has 0 fully saturated rings. The van der Waals surface area contributed by atoms with E-state index in [0.717, 1.165) is 12.1 Å². The molecule has 2 N–H and O–H groups in total. The number of nitrogens with zero attached hydrogens (tertiary/aromatic N) is 1. The molecule has 0 saturated carbocycles. The highest BCUT2D eigenvalue weighted by molar-refractivity contribution is 5.64. The zero-order valence-corrected chi connectivity index (χ0v) is 7.41. The van der Waals surface area contributed by atoms with Crippen LogP contribution in [0.15, 0.2) is 18.2 Å². The summed E-state index contributed by atoms with van der Waals surface area (Å²) in [6.07, 6.45) is -1.65. The lowest BCUT2D eigenvalue weighted by molar-refractivity contribution is -0.385. The van der Waals surface area contributed by atoms with Gasteiger partial charge >= 0.3 is 11.8 Å². The van der Waals surface area contributed by atoms with Crippen LogP contribution in [0.5, 0.6) is 5.75 Å². The van der Waals surface area contributed by atoms with Crippen molar-refractivity contribution in [2.75, 3.05) is 0 Å². The van der Waals surface area contributed by atoms with Crippen LogP contribution in [0.25, 0.3) is 0 Å². The van der Waals surface area contributed by atoms with Gasteiger partial charge in [-0.25, -0.2) is 4.79 Å². The Morgan fingerprint density at radius 2 is 2.20 bits per heavy atom. The number of aliphatic hydroxyl groups excluding tert-OH is 1. The van der Waals surface area contributed by atoms with E-state index in [1.165, 1.54) is 6.07 Å². The van der Waals surface area contributed by atoms with Gasteiger partial charge in [0, 0.05) is 6.07 Å². The highest BCUT2D eigenvalue weighted by Gasteiger charge is 2.17. The van der Waals surface area contributed by atoms with Crippen molar-refractivity contribution in [2.24, 2.45) is 0 Å². The maximum atomic E-state index is 10.5. The highest BCUT2D eigenvalue weighted by Crippen LogP contribution is 2.28. The van der Waals surface area contributed by atoms with Crippen molar-refractivity contribution < 1.29 is 24.7 Å². The number of rotatable bonds is 3. The molecule has 7 nitrogen and oxygen atoms in total. The number of benzene rings is 1. The van der Waals surface area contributed by atoms with Gasteiger partial charge in [-0.05, 0) is 17.7 Å². The molecule has 0 aromatic heterocycles. The quantitative estimate of drug-likeness (QED) is 0.337. The summed E-state index contributed by atoms with van der Waals surface area (Å²) < 4.78 is 4.21. The molecule has 0 aliphatic heterocycles. The second-order valence-electron chi connectivity index (χ2n) is 2.59. The number of carboxylic acid groups (broad SMARTS) is 1. The van der Waals surface area contributed by atoms with Crippen LogP contribution in [0, 0.1) is 10.1 Å². The van der Waals surface area contributed by atoms with Gasteiger partial charge in [0.1, 0.15) is 0 Å². The molecule has 1 aromatic rings. The molecule has 0 atom stereocenters. The fourth-order valence-corrected chi connectivity index (χ4v) is 0.984. The molecule has 0 radical (unpaired) electrons. The highest BCUT2D eigenvalue weighted by atomic mass is 16.7. The van der Waals surface area contributed by atoms with Gasteiger partial charge in [-0.2, -0.15) is 0 Å². The van der Waals surface area contributed by atoms with Gasteiger partial charge in [0.15, 0.2) is 0 Å². The molecule has 0 bridgehead atoms. The SMILES string of the molecule is O=C(O)Oc1cc(CO)ccc1[N+](=O)[O-]. The van der Waals surface area contributed by atoms with Crippen LogP contribution < -0.4 is 4.74 Å². The van der Waals surface area contributed by atoms with Crippen LogP contribution in [-0.2, 0) is 6.61 Å². The van der Waals surface area contributed by atoms with Crippen LogP contribution in [0.1, 0.15) is 5.56 Å². The van der Waals surface area contributed by atoms with Crippen LogP contribution in [0.3, 0.4) is 0 Å². The number of nitro groups is 1. The lowest BCUT2D eigenvalue weighted by Gasteiger charge is -2.02. The lowest BCUT2D eigenvalue weighted by atomic mass is 10.2. The molecule has 0 spiro atoms. The van der Waals surface area contributed by atoms with Crippen molar-refractivity contribution in [3.8, 4) is 5.75 Å². The smallest absolute Gasteiger partial charge is 0.449 e. The molecule has 0 unspecified atom stereocenters. The second kappa shape index (κ2) is 4.38. The van der Waals surface area contributed by atoms with Crippen molar-refractivity contribution in [1.29, 1.82) is 0 Å². The number of carbonyl (C=O) groups is 1. The maximum absolute atomic E-state index is 10.5. The van der Waals surface area contributed by atoms with Gasteiger partial charge in [0.25, 0.3) is 0 Å². The van der Waals surface area contributed by atoms with E-state index in [0.29, 0.717) is 5.56 Å². The Balaban J connectivity index is 3.16. The molecule has 15 heavy (non-hydrogen) atoms. The van der Waals surface area contributed by atoms with Crippen molar-refractivity contribution in [3.05, 3.63) is 33.9 Å². The average molecular weight is 213 g/mol. The van der Waals surface area contributed by atoms with Gasteiger partial charge in [-0.1, -0.05) is 0 Å². The Labute approximate surface area is 83.7 Å². The third-order valence-electron chi connectivity index (χ3n) is 1.60. The van der Waals surface area contributed by atoms with E-state index in [-0.39, 0.29) is 6.61 Å². The van der Waals surface area contributed by atoms with Crippen LogP contribution in [0.4, 0.5) is 10.5 Å². The van der Waals surface area contributed by atoms with Crippen molar-refractivity contribution >= 4 is 11.8 Å². The van der Waals surface area contributed by atoms with Crippen LogP contribution in [-0.4, -0.2) is 21.3 Å². The van der Waals surface area contributed by atoms with E-state index in [1.54, 1.807) is 0 Å². The third-order valence-corrected chi connectivity index (χ3v) is 1.60. The van der Waals surface area contributed by atoms with Crippen LogP contribution >= 0.6 is 0 Å². The van der Waals surface area contributed by atoms with Gasteiger partial charge in [0.05, 0.1) is 11.5 Å². The molecule has 0 amide bonds. The summed E-state index contributed by atoms with van der Waals surface area (Å²) in [6, 6.07) is 3.49. The second-order valence-corrected chi connectivity index (χ2v) is 2.59. The Morgan fingerprint density at radius 3 is 2.67 bits per heavy atom. The van der Waals surface area contributed by atoms with Crippen molar-refractivity contribution in [1.82, 2.24) is 0 Å². The van der Waals surface area contributed by atoms with E-state index in [1.807, 2.05) is 0 Å². The zero-order chi connectivity index (χ0) is 11.4. The first-order valence-corrected chi connectivity index (χ1v) is 3.83. The van der Waals surface area contributed by atoms with Gasteiger partial charge in [-0.3, -0.25) is 10.1 Å². The summed E-state index contributed by atoms with van der Waals surface area (Å²) in [5, 5.41) is 27.6. The first kappa shape index (κ1) is 10.9. The minimum absolute atomic E-state index is 0.330. The minimum atomic E-state index is -1.65. The molecule has 7 heteroatoms. The summed E-state index contributed by atoms with van der Waals surface area (Å²) in [7, 11) is 0. The predicted octanol–water partition coefficient (Wildman–Crippen LogP) is 1.14. The summed E-state index contributed by atoms with van der Waals surface area (Å²) >= 11 is 0. The van der Waals surface area contributed by atoms with Crippen LogP contribution in [0.2, 0.25) is 0 Å². The summed E-state index contributed by atoms with van der Waals surface area (Å²) in [5.74, 6) is -0.404. The Kier molecular flexibility index (Phi) is 3.19. The molecular formula is C8H7NO6. The first-order chi connectivity index (χ1) is 7.04. The molecule has 0 aliphatic rings. The molecular weight excluding hydrogens is 206 g/mol. The summed E-state index contributed by atoms with van der Waals surface area (Å²) in [4.78, 5) is 19.9. The number of nitro benzene ring substituents is 1. The summed E-state index contributed by atoms with van der Waals surface area (Å²) in [6.45, 7) is -0.353. The minimum Gasteiger partial charge on any atom is -0.449 e. The van der Waals surface area contributed by atoms with Crippen molar-refractivity contribution in [2.45, 2.75) is 6.61 Å². The number of hydrogen-bond donors (Lipinski definition) is 2. The Bertz CT molecular complexity index is 402. The topological polar surface area (TPSA) is 110 Å². The van der Waals surface area contributed by atoms with Gasteiger partial charge < -0.3 is 14.9 Å². The number of aliphatic hydroxyl groups is 1. The Morgan fingerprint density at radius 1 is 1.53 bits per heavy atom. The van der Waals surface area contributed by atoms with Gasteiger partial charge in [-0.15, -0.1) is 0 Å². The third kappa shape index (κ3) is 2.64. The Hall–Kier alpha value is -2.15. The zero-order valence-electron chi connectivity index (χ0n) is 7.41. The monoisotopic (exact) mass is 213 g/mol. The lowest BCUT2D eigenvalue weighted by Crippen LogP contribution is -2.05. The standard InChI is InChI=1S/C8H7NO6/c10-4-5-1-2-6(9(13)14)7(3-5)15-8(11)12/h1-3,10H,4H2,(H,11,12). The molecule has 1 rings (SSSR count). The van der Waals surface area contributed by atoms with Gasteiger partial charge in [0.2, 0.25) is 5.75 Å². The molecule has 0 heterocycles. The summed E-state index contributed by atoms with van der Waals surface area (Å²) in [5.41, 5.74) is -0.133. The number of ether oxygens (including phenoxy) is 1. The van der Waals surface area contributed by atoms with E-state index < -0.39 is 22.5 Å². The maximum Gasteiger partial charge on any atom is 0.511 e. The molecule has 1 aromatic carbocycles. The van der Waals surface area contributed by atoms with E-state index in [2.05, 4.69) is 4.74 Å². The van der Waals surface area contributed by atoms with E-state index in [9.17, 15) is 14.9 Å². The fraction of sp³-hybridized carbons (Fsp3) is 0.125. The molecule has 0 saturated heterocycles. The van der Waals surface area contributed by atoms with Crippen molar-refractivity contribution in [3.63, 3.8) is 0 Å². The fourth-order valence-electron chi connectivity index (χ4n) is 0.984. The molecule has 0 aliphatic carbocycles. The average Bonchev–Trinajstić information content (AvgIpc) is 2.16. The van der Waals surface area contributed by atoms with E-state index in [4.69, 9.17) is 10.2 Å². The largest absolute Gasteiger partial charge is 0.511 e. The predicted molar refractivity (Wildman–Crippen MR) is 47.7 cm³/mol. The normalized spacial score (nSPS) is 9.67. The first-order valence-electron chi connectivity index (χ1n) is 3.83. The van der Waals surface area contributed by atoms with E-state index >= 15 is 0 Å².